The third-order valence-electron chi connectivity index (χ3n) is 4.87. The van der Waals surface area contributed by atoms with Crippen LogP contribution in [0.3, 0.4) is 0 Å². The zero-order valence-corrected chi connectivity index (χ0v) is 15.8. The third kappa shape index (κ3) is 3.97. The van der Waals surface area contributed by atoms with Crippen molar-refractivity contribution < 1.29 is 17.9 Å². The van der Waals surface area contributed by atoms with Crippen LogP contribution in [0.2, 0.25) is 0 Å². The zero-order valence-electron chi connectivity index (χ0n) is 14.9. The molecule has 2 unspecified atom stereocenters. The number of rotatable bonds is 6. The van der Waals surface area contributed by atoms with Crippen LogP contribution in [0.15, 0.2) is 53.4 Å². The van der Waals surface area contributed by atoms with E-state index in [4.69, 9.17) is 4.74 Å². The van der Waals surface area contributed by atoms with Crippen molar-refractivity contribution >= 4 is 16.0 Å². The molecule has 0 aliphatic heterocycles. The van der Waals surface area contributed by atoms with Crippen LogP contribution >= 0.6 is 0 Å². The second kappa shape index (κ2) is 7.60. The molecule has 0 aromatic heterocycles. The molecular weight excluding hydrogens is 350 g/mol. The molecule has 0 radical (unpaired) electrons. The van der Waals surface area contributed by atoms with Gasteiger partial charge in [-0.1, -0.05) is 43.3 Å². The largest absolute Gasteiger partial charge is 0.469 e. The van der Waals surface area contributed by atoms with Crippen LogP contribution in [0, 0.1) is 0 Å². The molecule has 6 heteroatoms. The van der Waals surface area contributed by atoms with Crippen molar-refractivity contribution in [1.82, 2.24) is 4.72 Å². The number of esters is 1. The van der Waals surface area contributed by atoms with Crippen LogP contribution in [-0.4, -0.2) is 21.5 Å². The number of carbonyl (C=O) groups is 1. The van der Waals surface area contributed by atoms with E-state index in [0.29, 0.717) is 6.42 Å². The maximum atomic E-state index is 12.6. The van der Waals surface area contributed by atoms with E-state index < -0.39 is 10.0 Å². The van der Waals surface area contributed by atoms with Gasteiger partial charge < -0.3 is 4.74 Å². The normalized spacial score (nSPS) is 17.5. The SMILES string of the molecule is COC(=O)CC(C)c1ccc2c(c1)CCC2NS(=O)(=O)c1ccccc1. The molecule has 0 spiro atoms. The van der Waals surface area contributed by atoms with Crippen molar-refractivity contribution in [2.45, 2.75) is 43.0 Å². The van der Waals surface area contributed by atoms with Gasteiger partial charge in [-0.3, -0.25) is 4.79 Å². The number of ether oxygens (including phenoxy) is 1. The molecule has 26 heavy (non-hydrogen) atoms. The fourth-order valence-electron chi connectivity index (χ4n) is 3.37. The van der Waals surface area contributed by atoms with Crippen LogP contribution in [0.4, 0.5) is 0 Å². The quantitative estimate of drug-likeness (QED) is 0.789. The summed E-state index contributed by atoms with van der Waals surface area (Å²) < 4.78 is 32.7. The molecule has 0 bridgehead atoms. The summed E-state index contributed by atoms with van der Waals surface area (Å²) in [5.74, 6) is -0.167. The van der Waals surface area contributed by atoms with Crippen LogP contribution in [0.25, 0.3) is 0 Å². The number of hydrogen-bond donors (Lipinski definition) is 1. The molecule has 0 heterocycles. The molecule has 5 nitrogen and oxygen atoms in total. The van der Waals surface area contributed by atoms with Crippen LogP contribution in [-0.2, 0) is 26.0 Å². The fourth-order valence-corrected chi connectivity index (χ4v) is 4.64. The van der Waals surface area contributed by atoms with Gasteiger partial charge in [-0.15, -0.1) is 0 Å². The lowest BCUT2D eigenvalue weighted by molar-refractivity contribution is -0.140. The standard InChI is InChI=1S/C20H23NO4S/c1-14(12-20(22)25-2)15-8-10-18-16(13-15)9-11-19(18)21-26(23,24)17-6-4-3-5-7-17/h3-8,10,13-14,19,21H,9,11-12H2,1-2H3. The summed E-state index contributed by atoms with van der Waals surface area (Å²) in [6.45, 7) is 1.99. The predicted octanol–water partition coefficient (Wildman–Crippen LogP) is 3.32. The second-order valence-corrected chi connectivity index (χ2v) is 8.38. The lowest BCUT2D eigenvalue weighted by atomic mass is 9.94. The zero-order chi connectivity index (χ0) is 18.7. The molecule has 0 fully saturated rings. The van der Waals surface area contributed by atoms with Crippen molar-refractivity contribution in [2.75, 3.05) is 7.11 Å². The summed E-state index contributed by atoms with van der Waals surface area (Å²) in [6.07, 6.45) is 1.88. The molecular formula is C20H23NO4S. The Kier molecular flexibility index (Phi) is 5.44. The van der Waals surface area contributed by atoms with E-state index in [1.807, 2.05) is 19.1 Å². The molecule has 138 valence electrons. The molecule has 0 amide bonds. The highest BCUT2D eigenvalue weighted by molar-refractivity contribution is 7.89. The summed E-state index contributed by atoms with van der Waals surface area (Å²) in [5.41, 5.74) is 3.22. The highest BCUT2D eigenvalue weighted by Gasteiger charge is 2.28. The van der Waals surface area contributed by atoms with Gasteiger partial charge in [-0.25, -0.2) is 13.1 Å². The summed E-state index contributed by atoms with van der Waals surface area (Å²) in [6, 6.07) is 14.2. The lowest BCUT2D eigenvalue weighted by Crippen LogP contribution is -2.27. The lowest BCUT2D eigenvalue weighted by Gasteiger charge is -2.16. The minimum absolute atomic E-state index is 0.0628. The van der Waals surface area contributed by atoms with Gasteiger partial charge in [0.2, 0.25) is 10.0 Å². The number of sulfonamides is 1. The Hall–Kier alpha value is -2.18. The first kappa shape index (κ1) is 18.6. The molecule has 1 aliphatic rings. The second-order valence-electron chi connectivity index (χ2n) is 6.67. The molecule has 2 aromatic carbocycles. The van der Waals surface area contributed by atoms with E-state index in [-0.39, 0.29) is 22.8 Å². The summed E-state index contributed by atoms with van der Waals surface area (Å²) >= 11 is 0. The minimum atomic E-state index is -3.54. The Balaban J connectivity index is 1.77. The van der Waals surface area contributed by atoms with E-state index in [1.165, 1.54) is 7.11 Å². The Morgan fingerprint density at radius 3 is 2.65 bits per heavy atom. The van der Waals surface area contributed by atoms with Gasteiger partial charge in [0, 0.05) is 6.04 Å². The molecule has 1 aliphatic carbocycles. The van der Waals surface area contributed by atoms with Crippen molar-refractivity contribution in [3.63, 3.8) is 0 Å². The van der Waals surface area contributed by atoms with E-state index in [2.05, 4.69) is 10.8 Å². The Labute approximate surface area is 154 Å². The molecule has 0 saturated heterocycles. The predicted molar refractivity (Wildman–Crippen MR) is 99.3 cm³/mol. The molecule has 0 saturated carbocycles. The van der Waals surface area contributed by atoms with Crippen molar-refractivity contribution in [3.8, 4) is 0 Å². The number of methoxy groups -OCH3 is 1. The number of nitrogens with one attached hydrogen (secondary N) is 1. The number of carbonyl (C=O) groups excluding carboxylic acids is 1. The first-order valence-electron chi connectivity index (χ1n) is 8.67. The summed E-state index contributed by atoms with van der Waals surface area (Å²) in [5, 5.41) is 0. The Morgan fingerprint density at radius 1 is 1.23 bits per heavy atom. The van der Waals surface area contributed by atoms with Gasteiger partial charge >= 0.3 is 5.97 Å². The summed E-state index contributed by atoms with van der Waals surface area (Å²) in [4.78, 5) is 11.7. The monoisotopic (exact) mass is 373 g/mol. The first-order valence-corrected chi connectivity index (χ1v) is 10.2. The number of benzene rings is 2. The number of fused-ring (bicyclic) bond motifs is 1. The van der Waals surface area contributed by atoms with E-state index in [0.717, 1.165) is 29.5 Å². The topological polar surface area (TPSA) is 72.5 Å². The van der Waals surface area contributed by atoms with Gasteiger partial charge in [0.1, 0.15) is 0 Å². The van der Waals surface area contributed by atoms with E-state index >= 15 is 0 Å². The Bertz CT molecular complexity index is 893. The molecule has 2 aromatic rings. The summed E-state index contributed by atoms with van der Waals surface area (Å²) in [7, 11) is -2.15. The fraction of sp³-hybridized carbons (Fsp3) is 0.350. The van der Waals surface area contributed by atoms with Crippen molar-refractivity contribution in [1.29, 1.82) is 0 Å². The van der Waals surface area contributed by atoms with Gasteiger partial charge in [0.25, 0.3) is 0 Å². The maximum Gasteiger partial charge on any atom is 0.306 e. The smallest absolute Gasteiger partial charge is 0.306 e. The first-order chi connectivity index (χ1) is 12.4. The minimum Gasteiger partial charge on any atom is -0.469 e. The molecule has 1 N–H and O–H groups in total. The Morgan fingerprint density at radius 2 is 1.96 bits per heavy atom. The highest BCUT2D eigenvalue weighted by Crippen LogP contribution is 2.34. The van der Waals surface area contributed by atoms with Crippen molar-refractivity contribution in [3.05, 3.63) is 65.2 Å². The van der Waals surface area contributed by atoms with Crippen molar-refractivity contribution in [2.24, 2.45) is 0 Å². The molecule has 3 rings (SSSR count). The average Bonchev–Trinajstić information content (AvgIpc) is 3.03. The average molecular weight is 373 g/mol. The van der Waals surface area contributed by atoms with Gasteiger partial charge in [0.05, 0.1) is 18.4 Å². The van der Waals surface area contributed by atoms with Crippen LogP contribution < -0.4 is 4.72 Å². The third-order valence-corrected chi connectivity index (χ3v) is 6.35. The van der Waals surface area contributed by atoms with Gasteiger partial charge in [-0.2, -0.15) is 0 Å². The van der Waals surface area contributed by atoms with Crippen LogP contribution in [0.5, 0.6) is 0 Å². The molecule has 2 atom stereocenters. The number of aryl methyl sites for hydroxylation is 1. The highest BCUT2D eigenvalue weighted by atomic mass is 32.2. The van der Waals surface area contributed by atoms with Crippen LogP contribution in [0.1, 0.15) is 48.4 Å². The number of hydrogen-bond acceptors (Lipinski definition) is 4. The maximum absolute atomic E-state index is 12.6. The van der Waals surface area contributed by atoms with Gasteiger partial charge in [0.15, 0.2) is 0 Å². The van der Waals surface area contributed by atoms with E-state index in [1.54, 1.807) is 30.3 Å². The van der Waals surface area contributed by atoms with Gasteiger partial charge in [-0.05, 0) is 47.6 Å². The van der Waals surface area contributed by atoms with E-state index in [9.17, 15) is 13.2 Å².